The Balaban J connectivity index is 5.15. The predicted molar refractivity (Wildman–Crippen MR) is 67.5 cm³/mol. The Morgan fingerprint density at radius 3 is 1.60 bits per heavy atom. The molecule has 0 atom stereocenters. The number of hydrogen-bond acceptors (Lipinski definition) is 1. The molecule has 0 amide bonds. The summed E-state index contributed by atoms with van der Waals surface area (Å²) < 4.78 is 0. The summed E-state index contributed by atoms with van der Waals surface area (Å²) >= 11 is 0. The third-order valence-corrected chi connectivity index (χ3v) is 7.21. The highest BCUT2D eigenvalue weighted by molar-refractivity contribution is 6.90. The zero-order chi connectivity index (χ0) is 11.9. The van der Waals surface area contributed by atoms with Crippen LogP contribution in [0.1, 0.15) is 0 Å². The maximum Gasteiger partial charge on any atom is 0.326 e. The number of carboxylic acid groups (broad SMARTS) is 1. The molecular weight excluding hydrogens is 204 g/mol. The van der Waals surface area contributed by atoms with Crippen LogP contribution in [0.15, 0.2) is 49.7 Å². The van der Waals surface area contributed by atoms with Crippen molar-refractivity contribution in [3.8, 4) is 0 Å². The molecule has 82 valence electrons. The maximum absolute atomic E-state index is 11.0. The minimum Gasteiger partial charge on any atom is -0.478 e. The Morgan fingerprint density at radius 1 is 1.07 bits per heavy atom. The van der Waals surface area contributed by atoms with Gasteiger partial charge in [-0.1, -0.05) is 24.8 Å². The van der Waals surface area contributed by atoms with Crippen molar-refractivity contribution in [2.45, 2.75) is 18.1 Å². The minimum atomic E-state index is -2.11. The summed E-state index contributed by atoms with van der Waals surface area (Å²) in [5.41, 5.74) is 0. The van der Waals surface area contributed by atoms with Crippen LogP contribution in [0.3, 0.4) is 0 Å². The van der Waals surface area contributed by atoms with Gasteiger partial charge in [0.05, 0.1) is 0 Å². The van der Waals surface area contributed by atoms with Gasteiger partial charge in [-0.15, -0.1) is 19.7 Å². The quantitative estimate of drug-likeness (QED) is 0.389. The number of rotatable bonds is 8. The summed E-state index contributed by atoms with van der Waals surface area (Å²) in [6, 6.07) is 2.11. The highest BCUT2D eigenvalue weighted by Gasteiger charge is 2.35. The average molecular weight is 222 g/mol. The van der Waals surface area contributed by atoms with E-state index < -0.39 is 14.0 Å². The molecule has 0 aromatic rings. The Morgan fingerprint density at radius 2 is 1.40 bits per heavy atom. The van der Waals surface area contributed by atoms with E-state index in [0.717, 1.165) is 0 Å². The van der Waals surface area contributed by atoms with Gasteiger partial charge < -0.3 is 5.11 Å². The molecule has 0 bridgehead atoms. The number of carboxylic acids is 1. The first-order valence-electron chi connectivity index (χ1n) is 4.79. The van der Waals surface area contributed by atoms with Crippen LogP contribution in [-0.4, -0.2) is 19.1 Å². The Kier molecular flexibility index (Phi) is 5.63. The number of hydrogen-bond donors (Lipinski definition) is 1. The molecule has 0 spiro atoms. The fourth-order valence-corrected chi connectivity index (χ4v) is 5.03. The van der Waals surface area contributed by atoms with E-state index in [1.165, 1.54) is 0 Å². The predicted octanol–water partition coefficient (Wildman–Crippen LogP) is 3.17. The van der Waals surface area contributed by atoms with E-state index in [4.69, 9.17) is 5.11 Å². The normalized spacial score (nSPS) is 10.4. The summed E-state index contributed by atoms with van der Waals surface area (Å²) in [7, 11) is -2.11. The molecule has 3 heteroatoms. The van der Waals surface area contributed by atoms with Crippen LogP contribution in [-0.2, 0) is 4.79 Å². The number of aliphatic carboxylic acids is 1. The third-order valence-electron chi connectivity index (χ3n) is 2.50. The molecular formula is C12H18O2Si. The molecule has 0 aromatic carbocycles. The van der Waals surface area contributed by atoms with Crippen LogP contribution in [0, 0.1) is 0 Å². The van der Waals surface area contributed by atoms with E-state index in [9.17, 15) is 4.79 Å². The zero-order valence-corrected chi connectivity index (χ0v) is 10.0. The molecule has 0 aliphatic rings. The lowest BCUT2D eigenvalue weighted by atomic mass is 10.6. The van der Waals surface area contributed by atoms with Crippen LogP contribution in [0.4, 0.5) is 0 Å². The Labute approximate surface area is 92.3 Å². The molecule has 0 fully saturated rings. The molecule has 0 saturated heterocycles. The SMILES string of the molecule is C=CC[Si](CC=C)(CC=C)C(=C)C(=O)O. The van der Waals surface area contributed by atoms with E-state index in [-0.39, 0.29) is 0 Å². The molecule has 0 heterocycles. The van der Waals surface area contributed by atoms with Gasteiger partial charge in [0.2, 0.25) is 0 Å². The second-order valence-electron chi connectivity index (χ2n) is 3.54. The van der Waals surface area contributed by atoms with E-state index in [2.05, 4.69) is 26.3 Å². The van der Waals surface area contributed by atoms with E-state index in [0.29, 0.717) is 23.3 Å². The van der Waals surface area contributed by atoms with Gasteiger partial charge in [-0.05, 0) is 18.1 Å². The topological polar surface area (TPSA) is 37.3 Å². The summed E-state index contributed by atoms with van der Waals surface area (Å²) in [6.07, 6.45) is 5.31. The first-order valence-corrected chi connectivity index (χ1v) is 7.41. The lowest BCUT2D eigenvalue weighted by molar-refractivity contribution is -0.131. The van der Waals surface area contributed by atoms with Gasteiger partial charge >= 0.3 is 5.97 Å². The second-order valence-corrected chi connectivity index (χ2v) is 7.93. The van der Waals surface area contributed by atoms with Crippen molar-refractivity contribution in [3.05, 3.63) is 49.7 Å². The molecule has 0 radical (unpaired) electrons. The first-order chi connectivity index (χ1) is 7.04. The molecule has 0 unspecified atom stereocenters. The van der Waals surface area contributed by atoms with Gasteiger partial charge in [0, 0.05) is 5.20 Å². The van der Waals surface area contributed by atoms with E-state index >= 15 is 0 Å². The van der Waals surface area contributed by atoms with Crippen molar-refractivity contribution < 1.29 is 9.90 Å². The van der Waals surface area contributed by atoms with Crippen molar-refractivity contribution in [1.29, 1.82) is 0 Å². The van der Waals surface area contributed by atoms with Crippen LogP contribution in [0.5, 0.6) is 0 Å². The molecule has 0 aliphatic heterocycles. The van der Waals surface area contributed by atoms with Crippen LogP contribution in [0.25, 0.3) is 0 Å². The standard InChI is InChI=1S/C12H18O2Si/c1-5-8-15(9-6-2,10-7-3)11(4)12(13)14/h5-7H,1-4,8-10H2,(H,13,14). The average Bonchev–Trinajstić information content (AvgIpc) is 2.17. The highest BCUT2D eigenvalue weighted by Crippen LogP contribution is 2.29. The summed E-state index contributed by atoms with van der Waals surface area (Å²) in [5, 5.41) is 9.37. The van der Waals surface area contributed by atoms with Gasteiger partial charge in [-0.3, -0.25) is 0 Å². The molecule has 0 saturated carbocycles. The van der Waals surface area contributed by atoms with Crippen molar-refractivity contribution >= 4 is 14.0 Å². The first kappa shape index (κ1) is 13.6. The van der Waals surface area contributed by atoms with Crippen LogP contribution >= 0.6 is 0 Å². The van der Waals surface area contributed by atoms with E-state index in [1.807, 2.05) is 0 Å². The smallest absolute Gasteiger partial charge is 0.326 e. The van der Waals surface area contributed by atoms with Crippen molar-refractivity contribution in [3.63, 3.8) is 0 Å². The maximum atomic E-state index is 11.0. The summed E-state index contributed by atoms with van der Waals surface area (Å²) in [4.78, 5) is 11.0. The molecule has 0 aliphatic carbocycles. The summed E-state index contributed by atoms with van der Waals surface area (Å²) in [6.45, 7) is 14.8. The molecule has 1 N–H and O–H groups in total. The largest absolute Gasteiger partial charge is 0.478 e. The number of carbonyl (C=O) groups is 1. The second kappa shape index (κ2) is 6.19. The molecule has 0 rings (SSSR count). The summed E-state index contributed by atoms with van der Waals surface area (Å²) in [5.74, 6) is -0.910. The van der Waals surface area contributed by atoms with Crippen molar-refractivity contribution in [2.24, 2.45) is 0 Å². The molecule has 15 heavy (non-hydrogen) atoms. The third kappa shape index (κ3) is 3.36. The van der Waals surface area contributed by atoms with Gasteiger partial charge in [-0.2, -0.15) is 0 Å². The lowest BCUT2D eigenvalue weighted by Crippen LogP contribution is -2.38. The zero-order valence-electron chi connectivity index (χ0n) is 9.04. The van der Waals surface area contributed by atoms with Crippen molar-refractivity contribution in [2.75, 3.05) is 0 Å². The van der Waals surface area contributed by atoms with Gasteiger partial charge in [0.25, 0.3) is 0 Å². The fourth-order valence-electron chi connectivity index (χ4n) is 1.68. The Bertz CT molecular complexity index is 265. The van der Waals surface area contributed by atoms with Gasteiger partial charge in [0.1, 0.15) is 8.07 Å². The number of allylic oxidation sites excluding steroid dienone is 3. The highest BCUT2D eigenvalue weighted by atomic mass is 28.3. The van der Waals surface area contributed by atoms with Gasteiger partial charge in [0.15, 0.2) is 0 Å². The monoisotopic (exact) mass is 222 g/mol. The minimum absolute atomic E-state index is 0.335. The molecule has 0 aromatic heterocycles. The van der Waals surface area contributed by atoms with E-state index in [1.54, 1.807) is 18.2 Å². The van der Waals surface area contributed by atoms with Gasteiger partial charge in [-0.25, -0.2) is 4.79 Å². The Hall–Kier alpha value is -1.35. The fraction of sp³-hybridized carbons (Fsp3) is 0.250. The van der Waals surface area contributed by atoms with Crippen LogP contribution in [0.2, 0.25) is 18.1 Å². The molecule has 2 nitrogen and oxygen atoms in total. The lowest BCUT2D eigenvalue weighted by Gasteiger charge is -2.28. The van der Waals surface area contributed by atoms with Crippen LogP contribution < -0.4 is 0 Å². The van der Waals surface area contributed by atoms with Crippen molar-refractivity contribution in [1.82, 2.24) is 0 Å².